The van der Waals surface area contributed by atoms with E-state index in [0.29, 0.717) is 5.02 Å². The molecule has 0 aromatic heterocycles. The second-order valence-electron chi connectivity index (χ2n) is 6.92. The topological polar surface area (TPSA) is 49.4 Å². The zero-order valence-corrected chi connectivity index (χ0v) is 14.8. The Bertz CT molecular complexity index is 605. The van der Waals surface area contributed by atoms with Gasteiger partial charge in [0, 0.05) is 18.1 Å². The van der Waals surface area contributed by atoms with Crippen LogP contribution in [0.4, 0.5) is 0 Å². The first-order valence-electron chi connectivity index (χ1n) is 8.94. The minimum Gasteiger partial charge on any atom is -0.346 e. The molecule has 1 aromatic carbocycles. The molecule has 1 saturated heterocycles. The van der Waals surface area contributed by atoms with Crippen LogP contribution in [-0.2, 0) is 15.0 Å². The van der Waals surface area contributed by atoms with Crippen molar-refractivity contribution in [3.63, 3.8) is 0 Å². The first-order chi connectivity index (χ1) is 11.6. The van der Waals surface area contributed by atoms with Crippen LogP contribution in [0.25, 0.3) is 0 Å². The van der Waals surface area contributed by atoms with Crippen LogP contribution in [0.2, 0.25) is 5.02 Å². The molecule has 1 aliphatic carbocycles. The number of amides is 2. The highest BCUT2D eigenvalue weighted by atomic mass is 35.5. The van der Waals surface area contributed by atoms with E-state index in [-0.39, 0.29) is 18.4 Å². The van der Waals surface area contributed by atoms with E-state index < -0.39 is 5.41 Å². The summed E-state index contributed by atoms with van der Waals surface area (Å²) in [5.74, 6) is -0.00471. The first kappa shape index (κ1) is 17.3. The average molecular weight is 349 g/mol. The van der Waals surface area contributed by atoms with Crippen molar-refractivity contribution in [1.82, 2.24) is 10.2 Å². The van der Waals surface area contributed by atoms with E-state index in [1.807, 2.05) is 29.2 Å². The van der Waals surface area contributed by atoms with E-state index in [2.05, 4.69) is 5.32 Å². The number of carbonyl (C=O) groups excluding carboxylic acids is 2. The molecule has 4 nitrogen and oxygen atoms in total. The van der Waals surface area contributed by atoms with Crippen LogP contribution in [0.1, 0.15) is 50.5 Å². The highest BCUT2D eigenvalue weighted by Crippen LogP contribution is 2.40. The smallest absolute Gasteiger partial charge is 0.241 e. The zero-order chi connectivity index (χ0) is 17.0. The lowest BCUT2D eigenvalue weighted by atomic mass is 9.68. The van der Waals surface area contributed by atoms with Gasteiger partial charge in [-0.2, -0.15) is 0 Å². The van der Waals surface area contributed by atoms with Crippen LogP contribution in [0.15, 0.2) is 24.3 Å². The minimum atomic E-state index is -0.547. The summed E-state index contributed by atoms with van der Waals surface area (Å²) in [5, 5.41) is 3.57. The Labute approximate surface area is 148 Å². The van der Waals surface area contributed by atoms with Crippen molar-refractivity contribution in [2.75, 3.05) is 19.6 Å². The van der Waals surface area contributed by atoms with Gasteiger partial charge in [-0.1, -0.05) is 43.0 Å². The van der Waals surface area contributed by atoms with Crippen molar-refractivity contribution in [1.29, 1.82) is 0 Å². The minimum absolute atomic E-state index is 0.0258. The standard InChI is InChI=1S/C19H25ClN2O2/c20-16-8-6-7-15(13-16)19(9-2-1-3-10-19)18(24)21-14-17(23)22-11-4-5-12-22/h6-8,13H,1-5,9-12,14H2,(H,21,24). The lowest BCUT2D eigenvalue weighted by Gasteiger charge is -2.36. The number of hydrogen-bond donors (Lipinski definition) is 1. The number of hydrogen-bond acceptors (Lipinski definition) is 2. The monoisotopic (exact) mass is 348 g/mol. The highest BCUT2D eigenvalue weighted by Gasteiger charge is 2.41. The number of benzene rings is 1. The Hall–Kier alpha value is -1.55. The number of likely N-dealkylation sites (tertiary alicyclic amines) is 1. The molecule has 0 bridgehead atoms. The van der Waals surface area contributed by atoms with Gasteiger partial charge in [0.2, 0.25) is 11.8 Å². The molecule has 0 unspecified atom stereocenters. The van der Waals surface area contributed by atoms with Crippen molar-refractivity contribution in [2.45, 2.75) is 50.4 Å². The zero-order valence-electron chi connectivity index (χ0n) is 14.0. The quantitative estimate of drug-likeness (QED) is 0.907. The normalized spacial score (nSPS) is 20.0. The lowest BCUT2D eigenvalue weighted by Crippen LogP contribution is -2.49. The van der Waals surface area contributed by atoms with Crippen LogP contribution < -0.4 is 5.32 Å². The predicted octanol–water partition coefficient (Wildman–Crippen LogP) is 3.28. The van der Waals surface area contributed by atoms with Crippen molar-refractivity contribution < 1.29 is 9.59 Å². The highest BCUT2D eigenvalue weighted by molar-refractivity contribution is 6.30. The third-order valence-corrected chi connectivity index (χ3v) is 5.61. The van der Waals surface area contributed by atoms with Gasteiger partial charge in [-0.05, 0) is 43.4 Å². The van der Waals surface area contributed by atoms with Crippen LogP contribution in [0.5, 0.6) is 0 Å². The first-order valence-corrected chi connectivity index (χ1v) is 9.32. The number of nitrogens with zero attached hydrogens (tertiary/aromatic N) is 1. The Morgan fingerprint density at radius 1 is 1.08 bits per heavy atom. The summed E-state index contributed by atoms with van der Waals surface area (Å²) in [6, 6.07) is 7.61. The molecule has 1 N–H and O–H groups in total. The second kappa shape index (κ2) is 7.56. The van der Waals surface area contributed by atoms with Gasteiger partial charge in [-0.3, -0.25) is 9.59 Å². The van der Waals surface area contributed by atoms with Gasteiger partial charge in [-0.25, -0.2) is 0 Å². The van der Waals surface area contributed by atoms with E-state index >= 15 is 0 Å². The number of carbonyl (C=O) groups is 2. The van der Waals surface area contributed by atoms with Crippen molar-refractivity contribution in [2.24, 2.45) is 0 Å². The van der Waals surface area contributed by atoms with Crippen molar-refractivity contribution in [3.05, 3.63) is 34.9 Å². The summed E-state index contributed by atoms with van der Waals surface area (Å²) in [6.07, 6.45) is 6.97. The fraction of sp³-hybridized carbons (Fsp3) is 0.579. The maximum absolute atomic E-state index is 13.0. The summed E-state index contributed by atoms with van der Waals surface area (Å²) >= 11 is 6.15. The Balaban J connectivity index is 1.73. The molecule has 1 saturated carbocycles. The molecular formula is C19H25ClN2O2. The third-order valence-electron chi connectivity index (χ3n) is 5.38. The molecule has 2 fully saturated rings. The predicted molar refractivity (Wildman–Crippen MR) is 95.0 cm³/mol. The number of nitrogens with one attached hydrogen (secondary N) is 1. The molecule has 24 heavy (non-hydrogen) atoms. The Morgan fingerprint density at radius 3 is 2.46 bits per heavy atom. The molecule has 0 spiro atoms. The Morgan fingerprint density at radius 2 is 1.79 bits per heavy atom. The molecule has 1 heterocycles. The van der Waals surface area contributed by atoms with Gasteiger partial charge in [0.25, 0.3) is 0 Å². The molecule has 1 aromatic rings. The molecule has 2 aliphatic rings. The molecule has 1 aliphatic heterocycles. The maximum Gasteiger partial charge on any atom is 0.241 e. The summed E-state index contributed by atoms with van der Waals surface area (Å²) in [7, 11) is 0. The maximum atomic E-state index is 13.0. The van der Waals surface area contributed by atoms with E-state index in [0.717, 1.165) is 63.6 Å². The molecule has 3 rings (SSSR count). The van der Waals surface area contributed by atoms with Gasteiger partial charge < -0.3 is 10.2 Å². The van der Waals surface area contributed by atoms with E-state index in [1.165, 1.54) is 0 Å². The van der Waals surface area contributed by atoms with E-state index in [4.69, 9.17) is 11.6 Å². The molecule has 2 amide bonds. The van der Waals surface area contributed by atoms with E-state index in [9.17, 15) is 9.59 Å². The molecule has 5 heteroatoms. The lowest BCUT2D eigenvalue weighted by molar-refractivity contribution is -0.134. The average Bonchev–Trinajstić information content (AvgIpc) is 3.14. The summed E-state index contributed by atoms with van der Waals surface area (Å²) in [4.78, 5) is 27.1. The largest absolute Gasteiger partial charge is 0.346 e. The molecule has 0 radical (unpaired) electrons. The summed E-state index contributed by atoms with van der Waals surface area (Å²) < 4.78 is 0. The number of halogens is 1. The van der Waals surface area contributed by atoms with Gasteiger partial charge in [0.15, 0.2) is 0 Å². The molecule has 130 valence electrons. The Kier molecular flexibility index (Phi) is 5.44. The van der Waals surface area contributed by atoms with E-state index in [1.54, 1.807) is 0 Å². The van der Waals surface area contributed by atoms with Gasteiger partial charge in [-0.15, -0.1) is 0 Å². The summed E-state index contributed by atoms with van der Waals surface area (Å²) in [6.45, 7) is 1.73. The van der Waals surface area contributed by atoms with Gasteiger partial charge in [0.05, 0.1) is 12.0 Å². The fourth-order valence-corrected chi connectivity index (χ4v) is 4.18. The van der Waals surface area contributed by atoms with Crippen LogP contribution in [-0.4, -0.2) is 36.3 Å². The van der Waals surface area contributed by atoms with Crippen LogP contribution in [0.3, 0.4) is 0 Å². The van der Waals surface area contributed by atoms with Crippen LogP contribution in [0, 0.1) is 0 Å². The number of rotatable bonds is 4. The van der Waals surface area contributed by atoms with Gasteiger partial charge in [0.1, 0.15) is 0 Å². The molecular weight excluding hydrogens is 324 g/mol. The van der Waals surface area contributed by atoms with Crippen molar-refractivity contribution >= 4 is 23.4 Å². The summed E-state index contributed by atoms with van der Waals surface area (Å²) in [5.41, 5.74) is 0.426. The second-order valence-corrected chi connectivity index (χ2v) is 7.36. The fourth-order valence-electron chi connectivity index (χ4n) is 3.99. The van der Waals surface area contributed by atoms with Crippen molar-refractivity contribution in [3.8, 4) is 0 Å². The molecule has 0 atom stereocenters. The SMILES string of the molecule is O=C(CNC(=O)C1(c2cccc(Cl)c2)CCCCC1)N1CCCC1. The van der Waals surface area contributed by atoms with Gasteiger partial charge >= 0.3 is 0 Å². The van der Waals surface area contributed by atoms with Crippen LogP contribution >= 0.6 is 11.6 Å². The third kappa shape index (κ3) is 3.59.